The quantitative estimate of drug-likeness (QED) is 0.606. The molecular weight excluding hydrogens is 382 g/mol. The van der Waals surface area contributed by atoms with Crippen molar-refractivity contribution in [3.8, 4) is 5.75 Å². The zero-order chi connectivity index (χ0) is 20.1. The van der Waals surface area contributed by atoms with E-state index in [1.165, 1.54) is 17.5 Å². The number of carbonyl (C=O) groups excluding carboxylic acids is 1. The maximum Gasteiger partial charge on any atom is 0.220 e. The van der Waals surface area contributed by atoms with Crippen LogP contribution in [0.5, 0.6) is 5.75 Å². The lowest BCUT2D eigenvalue weighted by Gasteiger charge is -2.29. The number of nitrogens with one attached hydrogen (secondary N) is 1. The van der Waals surface area contributed by atoms with Crippen molar-refractivity contribution >= 4 is 27.5 Å². The lowest BCUT2D eigenvalue weighted by Crippen LogP contribution is -2.37. The molecule has 29 heavy (non-hydrogen) atoms. The number of likely N-dealkylation sites (tertiary alicyclic amines) is 1. The maximum absolute atomic E-state index is 12.6. The molecule has 1 unspecified atom stereocenters. The summed E-state index contributed by atoms with van der Waals surface area (Å²) in [4.78, 5) is 19.6. The number of thiazole rings is 1. The van der Waals surface area contributed by atoms with Gasteiger partial charge in [0.1, 0.15) is 5.75 Å². The van der Waals surface area contributed by atoms with E-state index in [9.17, 15) is 4.79 Å². The first kappa shape index (κ1) is 19.9. The molecule has 4 rings (SSSR count). The Morgan fingerprint density at radius 3 is 2.72 bits per heavy atom. The molecule has 0 aliphatic carbocycles. The average molecular weight is 410 g/mol. The van der Waals surface area contributed by atoms with Crippen LogP contribution in [-0.2, 0) is 11.2 Å². The van der Waals surface area contributed by atoms with Gasteiger partial charge < -0.3 is 10.1 Å². The van der Waals surface area contributed by atoms with Crippen LogP contribution in [0.3, 0.4) is 0 Å². The minimum Gasteiger partial charge on any atom is -0.496 e. The van der Waals surface area contributed by atoms with Gasteiger partial charge in [-0.3, -0.25) is 9.69 Å². The van der Waals surface area contributed by atoms with Crippen LogP contribution in [0, 0.1) is 0 Å². The van der Waals surface area contributed by atoms with Crippen LogP contribution < -0.4 is 10.1 Å². The highest BCUT2D eigenvalue weighted by Crippen LogP contribution is 2.31. The molecular formula is C23H27N3O2S. The van der Waals surface area contributed by atoms with E-state index in [4.69, 9.17) is 4.74 Å². The van der Waals surface area contributed by atoms with Gasteiger partial charge in [0.25, 0.3) is 0 Å². The van der Waals surface area contributed by atoms with Gasteiger partial charge in [-0.25, -0.2) is 4.98 Å². The second-order valence-electron chi connectivity index (χ2n) is 7.38. The van der Waals surface area contributed by atoms with Crippen LogP contribution in [0.1, 0.15) is 35.9 Å². The molecule has 1 aliphatic heterocycles. The Bertz CT molecular complexity index is 932. The van der Waals surface area contributed by atoms with Gasteiger partial charge in [0.2, 0.25) is 5.91 Å². The monoisotopic (exact) mass is 409 g/mol. The Kier molecular flexibility index (Phi) is 6.42. The van der Waals surface area contributed by atoms with E-state index < -0.39 is 0 Å². The molecule has 0 saturated carbocycles. The second-order valence-corrected chi connectivity index (χ2v) is 8.50. The van der Waals surface area contributed by atoms with Crippen LogP contribution >= 0.6 is 11.3 Å². The number of fused-ring (bicyclic) bond motifs is 1. The molecule has 1 N–H and O–H groups in total. The first-order valence-corrected chi connectivity index (χ1v) is 11.0. The van der Waals surface area contributed by atoms with E-state index in [1.807, 2.05) is 36.4 Å². The molecule has 1 aliphatic rings. The molecule has 152 valence electrons. The van der Waals surface area contributed by atoms with Crippen molar-refractivity contribution in [2.75, 3.05) is 26.7 Å². The lowest BCUT2D eigenvalue weighted by atomic mass is 10.0. The number of aromatic nitrogens is 1. The van der Waals surface area contributed by atoms with Gasteiger partial charge in [-0.05, 0) is 44.1 Å². The normalized spacial score (nSPS) is 15.5. The van der Waals surface area contributed by atoms with Crippen molar-refractivity contribution in [3.05, 3.63) is 59.1 Å². The molecule has 3 aromatic rings. The van der Waals surface area contributed by atoms with Crippen LogP contribution in [0.15, 0.2) is 48.5 Å². The maximum atomic E-state index is 12.6. The summed E-state index contributed by atoms with van der Waals surface area (Å²) in [6, 6.07) is 16.4. The van der Waals surface area contributed by atoms with Crippen molar-refractivity contribution in [2.24, 2.45) is 0 Å². The van der Waals surface area contributed by atoms with Crippen LogP contribution in [0.4, 0.5) is 0 Å². The SMILES string of the molecule is COc1ccccc1C(CNC(=O)CCc1nc2ccccc2s1)N1CCCC1. The van der Waals surface area contributed by atoms with Crippen molar-refractivity contribution in [1.29, 1.82) is 0 Å². The van der Waals surface area contributed by atoms with E-state index in [0.29, 0.717) is 19.4 Å². The topological polar surface area (TPSA) is 54.5 Å². The van der Waals surface area contributed by atoms with Crippen molar-refractivity contribution < 1.29 is 9.53 Å². The van der Waals surface area contributed by atoms with Crippen molar-refractivity contribution in [1.82, 2.24) is 15.2 Å². The van der Waals surface area contributed by atoms with E-state index in [1.54, 1.807) is 18.4 Å². The molecule has 0 spiro atoms. The number of nitrogens with zero attached hydrogens (tertiary/aromatic N) is 2. The van der Waals surface area contributed by atoms with E-state index in [2.05, 4.69) is 27.3 Å². The van der Waals surface area contributed by atoms with Gasteiger partial charge in [-0.2, -0.15) is 0 Å². The molecule has 1 saturated heterocycles. The summed E-state index contributed by atoms with van der Waals surface area (Å²) in [5, 5.41) is 4.17. The molecule has 5 nitrogen and oxygen atoms in total. The van der Waals surface area contributed by atoms with Gasteiger partial charge in [-0.1, -0.05) is 30.3 Å². The summed E-state index contributed by atoms with van der Waals surface area (Å²) >= 11 is 1.67. The fourth-order valence-electron chi connectivity index (χ4n) is 3.98. The molecule has 1 amide bonds. The van der Waals surface area contributed by atoms with Crippen molar-refractivity contribution in [2.45, 2.75) is 31.7 Å². The van der Waals surface area contributed by atoms with Gasteiger partial charge in [0, 0.05) is 24.9 Å². The second kappa shape index (κ2) is 9.37. The summed E-state index contributed by atoms with van der Waals surface area (Å²) < 4.78 is 6.75. The summed E-state index contributed by atoms with van der Waals surface area (Å²) in [7, 11) is 1.70. The fourth-order valence-corrected chi connectivity index (χ4v) is 4.94. The highest BCUT2D eigenvalue weighted by atomic mass is 32.1. The number of hydrogen-bond donors (Lipinski definition) is 1. The van der Waals surface area contributed by atoms with Crippen LogP contribution in [0.2, 0.25) is 0 Å². The van der Waals surface area contributed by atoms with E-state index in [-0.39, 0.29) is 11.9 Å². The molecule has 0 radical (unpaired) electrons. The summed E-state index contributed by atoms with van der Waals surface area (Å²) in [6.07, 6.45) is 3.54. The van der Waals surface area contributed by atoms with Crippen LogP contribution in [0.25, 0.3) is 10.2 Å². The Balaban J connectivity index is 1.38. The molecule has 2 aromatic carbocycles. The summed E-state index contributed by atoms with van der Waals surface area (Å²) in [5.74, 6) is 0.955. The Morgan fingerprint density at radius 1 is 1.17 bits per heavy atom. The van der Waals surface area contributed by atoms with Gasteiger partial charge in [-0.15, -0.1) is 11.3 Å². The predicted octanol–water partition coefficient (Wildman–Crippen LogP) is 4.19. The number of para-hydroxylation sites is 2. The van der Waals surface area contributed by atoms with Crippen LogP contribution in [-0.4, -0.2) is 42.5 Å². The highest BCUT2D eigenvalue weighted by Gasteiger charge is 2.26. The fraction of sp³-hybridized carbons (Fsp3) is 0.391. The number of amides is 1. The minimum absolute atomic E-state index is 0.0725. The third kappa shape index (κ3) is 4.77. The summed E-state index contributed by atoms with van der Waals surface area (Å²) in [5.41, 5.74) is 2.15. The number of benzene rings is 2. The third-order valence-corrected chi connectivity index (χ3v) is 6.57. The summed E-state index contributed by atoms with van der Waals surface area (Å²) in [6.45, 7) is 2.72. The third-order valence-electron chi connectivity index (χ3n) is 5.48. The molecule has 1 aromatic heterocycles. The molecule has 1 atom stereocenters. The standard InChI is InChI=1S/C23H27N3O2S/c1-28-20-10-4-2-8-17(20)19(26-14-6-7-15-26)16-24-22(27)12-13-23-25-18-9-3-5-11-21(18)29-23/h2-5,8-11,19H,6-7,12-16H2,1H3,(H,24,27). The number of rotatable bonds is 8. The molecule has 6 heteroatoms. The minimum atomic E-state index is 0.0725. The first-order valence-electron chi connectivity index (χ1n) is 10.2. The Labute approximate surface area is 175 Å². The van der Waals surface area contributed by atoms with Gasteiger partial charge in [0.15, 0.2) is 0 Å². The number of methoxy groups -OCH3 is 1. The Hall–Kier alpha value is -2.44. The highest BCUT2D eigenvalue weighted by molar-refractivity contribution is 7.18. The van der Waals surface area contributed by atoms with Gasteiger partial charge >= 0.3 is 0 Å². The Morgan fingerprint density at radius 2 is 1.93 bits per heavy atom. The molecule has 1 fully saturated rings. The van der Waals surface area contributed by atoms with E-state index >= 15 is 0 Å². The van der Waals surface area contributed by atoms with Crippen molar-refractivity contribution in [3.63, 3.8) is 0 Å². The number of hydrogen-bond acceptors (Lipinski definition) is 5. The zero-order valence-electron chi connectivity index (χ0n) is 16.8. The number of aryl methyl sites for hydroxylation is 1. The predicted molar refractivity (Wildman–Crippen MR) is 117 cm³/mol. The smallest absolute Gasteiger partial charge is 0.220 e. The zero-order valence-corrected chi connectivity index (χ0v) is 17.6. The van der Waals surface area contributed by atoms with E-state index in [0.717, 1.165) is 34.9 Å². The molecule has 0 bridgehead atoms. The number of ether oxygens (including phenoxy) is 1. The lowest BCUT2D eigenvalue weighted by molar-refractivity contribution is -0.121. The number of carbonyl (C=O) groups is 1. The first-order chi connectivity index (χ1) is 14.2. The molecule has 2 heterocycles. The van der Waals surface area contributed by atoms with Gasteiger partial charge in [0.05, 0.1) is 28.4 Å². The average Bonchev–Trinajstić information content (AvgIpc) is 3.42. The largest absolute Gasteiger partial charge is 0.496 e.